The molecule has 1 amide bonds. The zero-order valence-electron chi connectivity index (χ0n) is 13.6. The Hall–Kier alpha value is -3.08. The third-order valence-electron chi connectivity index (χ3n) is 3.78. The first-order valence-corrected chi connectivity index (χ1v) is 7.76. The number of para-hydroxylation sites is 2. The van der Waals surface area contributed by atoms with E-state index in [0.29, 0.717) is 17.8 Å². The van der Waals surface area contributed by atoms with E-state index < -0.39 is 0 Å². The van der Waals surface area contributed by atoms with Gasteiger partial charge in [-0.1, -0.05) is 23.8 Å². The molecule has 3 N–H and O–H groups in total. The zero-order chi connectivity index (χ0) is 17.1. The largest absolute Gasteiger partial charge is 0.379 e. The van der Waals surface area contributed by atoms with Gasteiger partial charge in [-0.3, -0.25) is 9.59 Å². The molecule has 0 saturated carbocycles. The first-order valence-electron chi connectivity index (χ1n) is 7.76. The minimum atomic E-state index is -0.136. The van der Waals surface area contributed by atoms with Crippen LogP contribution in [-0.2, 0) is 11.3 Å². The van der Waals surface area contributed by atoms with Crippen molar-refractivity contribution < 1.29 is 4.79 Å². The summed E-state index contributed by atoms with van der Waals surface area (Å²) >= 11 is 0. The van der Waals surface area contributed by atoms with E-state index >= 15 is 0 Å². The van der Waals surface area contributed by atoms with Gasteiger partial charge in [0.1, 0.15) is 0 Å². The molecule has 0 atom stereocenters. The van der Waals surface area contributed by atoms with Gasteiger partial charge in [0.15, 0.2) is 0 Å². The van der Waals surface area contributed by atoms with E-state index in [1.165, 1.54) is 6.92 Å². The molecule has 5 heteroatoms. The quantitative estimate of drug-likeness (QED) is 0.689. The summed E-state index contributed by atoms with van der Waals surface area (Å²) in [6.07, 6.45) is 0. The van der Waals surface area contributed by atoms with Crippen LogP contribution in [0.3, 0.4) is 0 Å². The van der Waals surface area contributed by atoms with Crippen LogP contribution in [0.5, 0.6) is 0 Å². The topological polar surface area (TPSA) is 74.0 Å². The summed E-state index contributed by atoms with van der Waals surface area (Å²) in [5.41, 5.74) is 3.97. The van der Waals surface area contributed by atoms with Gasteiger partial charge in [0.25, 0.3) is 5.56 Å². The van der Waals surface area contributed by atoms with Crippen LogP contribution in [0, 0.1) is 6.92 Å². The number of pyridine rings is 1. The number of aromatic amines is 1. The van der Waals surface area contributed by atoms with Gasteiger partial charge in [-0.15, -0.1) is 0 Å². The van der Waals surface area contributed by atoms with Gasteiger partial charge in [-0.05, 0) is 42.6 Å². The number of hydrogen-bond acceptors (Lipinski definition) is 3. The molecule has 0 radical (unpaired) electrons. The third kappa shape index (κ3) is 3.46. The molecule has 0 aliphatic heterocycles. The van der Waals surface area contributed by atoms with Crippen LogP contribution in [0.15, 0.2) is 53.3 Å². The highest BCUT2D eigenvalue weighted by molar-refractivity contribution is 5.92. The first-order chi connectivity index (χ1) is 11.5. The maximum absolute atomic E-state index is 12.2. The van der Waals surface area contributed by atoms with E-state index in [2.05, 4.69) is 15.6 Å². The lowest BCUT2D eigenvalue weighted by Gasteiger charge is -2.12. The van der Waals surface area contributed by atoms with Crippen LogP contribution in [0.2, 0.25) is 0 Å². The number of H-pyrrole nitrogens is 1. The Labute approximate surface area is 139 Å². The summed E-state index contributed by atoms with van der Waals surface area (Å²) in [6, 6.07) is 15.2. The van der Waals surface area contributed by atoms with Gasteiger partial charge in [-0.2, -0.15) is 0 Å². The highest BCUT2D eigenvalue weighted by Gasteiger charge is 2.06. The number of benzene rings is 2. The molecule has 24 heavy (non-hydrogen) atoms. The van der Waals surface area contributed by atoms with E-state index in [-0.39, 0.29) is 11.5 Å². The number of carbonyl (C=O) groups excluding carboxylic acids is 1. The summed E-state index contributed by atoms with van der Waals surface area (Å²) < 4.78 is 0. The second-order valence-electron chi connectivity index (χ2n) is 5.79. The second-order valence-corrected chi connectivity index (χ2v) is 5.79. The average molecular weight is 321 g/mol. The van der Waals surface area contributed by atoms with Crippen molar-refractivity contribution in [1.29, 1.82) is 0 Å². The monoisotopic (exact) mass is 321 g/mol. The highest BCUT2D eigenvalue weighted by atomic mass is 16.1. The molecule has 122 valence electrons. The minimum Gasteiger partial charge on any atom is -0.379 e. The predicted molar refractivity (Wildman–Crippen MR) is 97.4 cm³/mol. The van der Waals surface area contributed by atoms with Gasteiger partial charge in [-0.25, -0.2) is 0 Å². The van der Waals surface area contributed by atoms with Gasteiger partial charge in [0.05, 0.1) is 11.4 Å². The number of hydrogen-bond donors (Lipinski definition) is 3. The maximum Gasteiger partial charge on any atom is 0.253 e. The molecule has 0 unspecified atom stereocenters. The Kier molecular flexibility index (Phi) is 4.33. The van der Waals surface area contributed by atoms with Crippen molar-refractivity contribution in [3.05, 3.63) is 70.0 Å². The van der Waals surface area contributed by atoms with E-state index in [1.54, 1.807) is 0 Å². The number of aryl methyl sites for hydroxylation is 1. The molecular formula is C19H19N3O2. The van der Waals surface area contributed by atoms with Crippen LogP contribution < -0.4 is 16.2 Å². The molecule has 3 rings (SSSR count). The summed E-state index contributed by atoms with van der Waals surface area (Å²) in [6.45, 7) is 3.86. The number of fused-ring (bicyclic) bond motifs is 1. The van der Waals surface area contributed by atoms with Gasteiger partial charge in [0, 0.05) is 24.5 Å². The van der Waals surface area contributed by atoms with Crippen molar-refractivity contribution in [2.75, 3.05) is 10.6 Å². The Bertz CT molecular complexity index is 960. The fraction of sp³-hybridized carbons (Fsp3) is 0.158. The maximum atomic E-state index is 12.2. The van der Waals surface area contributed by atoms with Crippen molar-refractivity contribution in [2.24, 2.45) is 0 Å². The van der Waals surface area contributed by atoms with Crippen molar-refractivity contribution in [3.63, 3.8) is 0 Å². The van der Waals surface area contributed by atoms with Crippen molar-refractivity contribution >= 4 is 28.2 Å². The van der Waals surface area contributed by atoms with Crippen LogP contribution in [0.1, 0.15) is 18.1 Å². The Morgan fingerprint density at radius 2 is 1.83 bits per heavy atom. The molecule has 0 fully saturated rings. The lowest BCUT2D eigenvalue weighted by molar-refractivity contribution is -0.114. The molecular weight excluding hydrogens is 302 g/mol. The average Bonchev–Trinajstić information content (AvgIpc) is 2.54. The second kappa shape index (κ2) is 6.58. The van der Waals surface area contributed by atoms with E-state index in [1.807, 2.05) is 55.5 Å². The number of anilines is 2. The summed E-state index contributed by atoms with van der Waals surface area (Å²) in [4.78, 5) is 26.4. The summed E-state index contributed by atoms with van der Waals surface area (Å²) in [7, 11) is 0. The van der Waals surface area contributed by atoms with Crippen LogP contribution in [-0.4, -0.2) is 10.9 Å². The van der Waals surface area contributed by atoms with Crippen LogP contribution in [0.4, 0.5) is 11.4 Å². The van der Waals surface area contributed by atoms with Crippen LogP contribution in [0.25, 0.3) is 10.9 Å². The SMILES string of the molecule is CC(=O)Nc1ccccc1NCc1cc2cc(C)ccc2[nH]c1=O. The smallest absolute Gasteiger partial charge is 0.253 e. The molecule has 3 aromatic rings. The third-order valence-corrected chi connectivity index (χ3v) is 3.78. The zero-order valence-corrected chi connectivity index (χ0v) is 13.6. The van der Waals surface area contributed by atoms with E-state index in [0.717, 1.165) is 22.2 Å². The molecule has 1 heterocycles. The lowest BCUT2D eigenvalue weighted by Crippen LogP contribution is -2.16. The molecule has 1 aromatic heterocycles. The molecule has 0 bridgehead atoms. The first kappa shape index (κ1) is 15.8. The molecule has 2 aromatic carbocycles. The van der Waals surface area contributed by atoms with Gasteiger partial charge in [0.2, 0.25) is 5.91 Å². The van der Waals surface area contributed by atoms with Crippen LogP contribution >= 0.6 is 0 Å². The van der Waals surface area contributed by atoms with Gasteiger partial charge < -0.3 is 15.6 Å². The minimum absolute atomic E-state index is 0.115. The number of aromatic nitrogens is 1. The molecule has 0 spiro atoms. The number of carbonyl (C=O) groups is 1. The van der Waals surface area contributed by atoms with Crippen molar-refractivity contribution in [1.82, 2.24) is 4.98 Å². The Morgan fingerprint density at radius 3 is 2.58 bits per heavy atom. The Morgan fingerprint density at radius 1 is 1.08 bits per heavy atom. The normalized spacial score (nSPS) is 10.6. The Balaban J connectivity index is 1.87. The molecule has 0 saturated heterocycles. The fourth-order valence-corrected chi connectivity index (χ4v) is 2.63. The number of nitrogens with one attached hydrogen (secondary N) is 3. The fourth-order valence-electron chi connectivity index (χ4n) is 2.63. The van der Waals surface area contributed by atoms with E-state index in [9.17, 15) is 9.59 Å². The molecule has 0 aliphatic rings. The molecule has 5 nitrogen and oxygen atoms in total. The molecule has 0 aliphatic carbocycles. The summed E-state index contributed by atoms with van der Waals surface area (Å²) in [5.74, 6) is -0.136. The number of amides is 1. The predicted octanol–water partition coefficient (Wildman–Crippen LogP) is 3.41. The highest BCUT2D eigenvalue weighted by Crippen LogP contribution is 2.21. The van der Waals surface area contributed by atoms with E-state index in [4.69, 9.17) is 0 Å². The van der Waals surface area contributed by atoms with Crippen molar-refractivity contribution in [3.8, 4) is 0 Å². The standard InChI is InChI=1S/C19H19N3O2/c1-12-7-8-16-14(9-12)10-15(19(24)22-16)11-20-17-5-3-4-6-18(17)21-13(2)23/h3-10,20H,11H2,1-2H3,(H,21,23)(H,22,24). The van der Waals surface area contributed by atoms with Crippen molar-refractivity contribution in [2.45, 2.75) is 20.4 Å². The summed E-state index contributed by atoms with van der Waals surface area (Å²) in [5, 5.41) is 7.00. The lowest BCUT2D eigenvalue weighted by atomic mass is 10.1. The van der Waals surface area contributed by atoms with Gasteiger partial charge >= 0.3 is 0 Å². The number of rotatable bonds is 4.